The first-order valence-corrected chi connectivity index (χ1v) is 9.12. The topological polar surface area (TPSA) is 88.9 Å². The van der Waals surface area contributed by atoms with Gasteiger partial charge >= 0.3 is 0 Å². The number of hydrogen-bond acceptors (Lipinski definition) is 4. The summed E-state index contributed by atoms with van der Waals surface area (Å²) >= 11 is 12.0. The van der Waals surface area contributed by atoms with Crippen molar-refractivity contribution in [1.29, 1.82) is 0 Å². The Labute approximate surface area is 171 Å². The zero-order chi connectivity index (χ0) is 20.3. The highest BCUT2D eigenvalue weighted by molar-refractivity contribution is 6.35. The largest absolute Gasteiger partial charge is 0.324 e. The maximum atomic E-state index is 12.5. The van der Waals surface area contributed by atoms with Crippen LogP contribution in [0.3, 0.4) is 0 Å². The number of benzene rings is 2. The molecule has 3 aromatic rings. The van der Waals surface area contributed by atoms with E-state index in [0.717, 1.165) is 5.56 Å². The predicted molar refractivity (Wildman–Crippen MR) is 109 cm³/mol. The Kier molecular flexibility index (Phi) is 5.96. The lowest BCUT2D eigenvalue weighted by molar-refractivity contribution is -0.117. The van der Waals surface area contributed by atoms with Gasteiger partial charge in [-0.1, -0.05) is 46.1 Å². The van der Waals surface area contributed by atoms with Crippen LogP contribution in [0.4, 0.5) is 11.4 Å². The van der Waals surface area contributed by atoms with E-state index >= 15 is 0 Å². The van der Waals surface area contributed by atoms with Crippen molar-refractivity contribution in [2.45, 2.75) is 20.4 Å². The van der Waals surface area contributed by atoms with E-state index in [2.05, 4.69) is 20.9 Å². The summed E-state index contributed by atoms with van der Waals surface area (Å²) in [7, 11) is 0. The summed E-state index contributed by atoms with van der Waals surface area (Å²) in [5.74, 6) is -0.770. The zero-order valence-electron chi connectivity index (χ0n) is 15.2. The standard InChI is InChI=1S/C19H17Cl2N5O2/c1-11-3-6-14(7-4-11)22-17(27)10-26-12(2)18(24-25-26)19(28)23-16-9-13(20)5-8-15(16)21/h3-9H,10H2,1-2H3,(H,22,27)(H,23,28). The van der Waals surface area contributed by atoms with E-state index in [0.29, 0.717) is 27.1 Å². The summed E-state index contributed by atoms with van der Waals surface area (Å²) in [5, 5.41) is 14.0. The number of anilines is 2. The first-order valence-electron chi connectivity index (χ1n) is 8.36. The molecule has 0 radical (unpaired) electrons. The van der Waals surface area contributed by atoms with Crippen molar-refractivity contribution in [3.63, 3.8) is 0 Å². The molecule has 1 aromatic heterocycles. The first-order chi connectivity index (χ1) is 13.3. The van der Waals surface area contributed by atoms with Gasteiger partial charge in [-0.05, 0) is 44.2 Å². The number of nitrogens with zero attached hydrogens (tertiary/aromatic N) is 3. The molecular formula is C19H17Cl2N5O2. The van der Waals surface area contributed by atoms with Gasteiger partial charge in [-0.2, -0.15) is 0 Å². The van der Waals surface area contributed by atoms with Gasteiger partial charge in [0.25, 0.3) is 5.91 Å². The third-order valence-electron chi connectivity index (χ3n) is 4.00. The van der Waals surface area contributed by atoms with Crippen LogP contribution in [-0.2, 0) is 11.3 Å². The van der Waals surface area contributed by atoms with Crippen LogP contribution in [0.15, 0.2) is 42.5 Å². The predicted octanol–water partition coefficient (Wildman–Crippen LogP) is 4.09. The average molecular weight is 418 g/mol. The van der Waals surface area contributed by atoms with Crippen LogP contribution in [0.1, 0.15) is 21.7 Å². The number of halogens is 2. The Bertz CT molecular complexity index is 1030. The minimum absolute atomic E-state index is 0.0715. The highest BCUT2D eigenvalue weighted by Gasteiger charge is 2.19. The van der Waals surface area contributed by atoms with Crippen LogP contribution in [0.5, 0.6) is 0 Å². The quantitative estimate of drug-likeness (QED) is 0.653. The summed E-state index contributed by atoms with van der Waals surface area (Å²) in [6, 6.07) is 12.2. The fourth-order valence-corrected chi connectivity index (χ4v) is 2.81. The van der Waals surface area contributed by atoms with E-state index < -0.39 is 5.91 Å². The zero-order valence-corrected chi connectivity index (χ0v) is 16.7. The molecule has 0 saturated heterocycles. The molecule has 7 nitrogen and oxygen atoms in total. The van der Waals surface area contributed by atoms with Crippen molar-refractivity contribution in [2.75, 3.05) is 10.6 Å². The lowest BCUT2D eigenvalue weighted by atomic mass is 10.2. The lowest BCUT2D eigenvalue weighted by Gasteiger charge is -2.08. The minimum atomic E-state index is -0.494. The molecule has 0 bridgehead atoms. The second-order valence-electron chi connectivity index (χ2n) is 6.17. The molecule has 0 aliphatic heterocycles. The van der Waals surface area contributed by atoms with Gasteiger partial charge in [0.1, 0.15) is 6.54 Å². The lowest BCUT2D eigenvalue weighted by Crippen LogP contribution is -2.21. The SMILES string of the molecule is Cc1ccc(NC(=O)Cn2nnc(C(=O)Nc3cc(Cl)ccc3Cl)c2C)cc1. The van der Waals surface area contributed by atoms with Crippen molar-refractivity contribution >= 4 is 46.4 Å². The molecule has 9 heteroatoms. The molecule has 144 valence electrons. The Morgan fingerprint density at radius 1 is 1.04 bits per heavy atom. The third kappa shape index (κ3) is 4.68. The summed E-state index contributed by atoms with van der Waals surface area (Å²) in [4.78, 5) is 24.7. The Balaban J connectivity index is 1.69. The molecule has 0 aliphatic rings. The first kappa shape index (κ1) is 19.9. The maximum absolute atomic E-state index is 12.5. The van der Waals surface area contributed by atoms with Gasteiger partial charge in [0, 0.05) is 10.7 Å². The minimum Gasteiger partial charge on any atom is -0.324 e. The molecule has 0 atom stereocenters. The number of aromatic nitrogens is 3. The van der Waals surface area contributed by atoms with Gasteiger partial charge in [-0.25, -0.2) is 4.68 Å². The molecule has 0 fully saturated rings. The summed E-state index contributed by atoms with van der Waals surface area (Å²) < 4.78 is 1.36. The van der Waals surface area contributed by atoms with Gasteiger partial charge in [-0.3, -0.25) is 9.59 Å². The van der Waals surface area contributed by atoms with Crippen LogP contribution in [0, 0.1) is 13.8 Å². The van der Waals surface area contributed by atoms with Gasteiger partial charge in [0.05, 0.1) is 16.4 Å². The van der Waals surface area contributed by atoms with Gasteiger partial charge < -0.3 is 10.6 Å². The molecule has 0 aliphatic carbocycles. The van der Waals surface area contributed by atoms with Crippen molar-refractivity contribution in [2.24, 2.45) is 0 Å². The molecule has 1 heterocycles. The van der Waals surface area contributed by atoms with E-state index in [1.165, 1.54) is 10.7 Å². The Morgan fingerprint density at radius 2 is 1.75 bits per heavy atom. The Hall–Kier alpha value is -2.90. The summed E-state index contributed by atoms with van der Waals surface area (Å²) in [5.41, 5.74) is 2.70. The van der Waals surface area contributed by atoms with E-state index in [-0.39, 0.29) is 18.1 Å². The molecule has 0 spiro atoms. The number of rotatable bonds is 5. The van der Waals surface area contributed by atoms with Gasteiger partial charge in [0.2, 0.25) is 5.91 Å². The normalized spacial score (nSPS) is 10.6. The van der Waals surface area contributed by atoms with Crippen LogP contribution in [0.25, 0.3) is 0 Å². The molecule has 2 aromatic carbocycles. The van der Waals surface area contributed by atoms with E-state index in [1.54, 1.807) is 19.1 Å². The number of aryl methyl sites for hydroxylation is 1. The molecular weight excluding hydrogens is 401 g/mol. The van der Waals surface area contributed by atoms with Crippen LogP contribution < -0.4 is 10.6 Å². The number of carbonyl (C=O) groups excluding carboxylic acids is 2. The Morgan fingerprint density at radius 3 is 2.46 bits per heavy atom. The van der Waals surface area contributed by atoms with E-state index in [9.17, 15) is 9.59 Å². The van der Waals surface area contributed by atoms with E-state index in [1.807, 2.05) is 31.2 Å². The fraction of sp³-hybridized carbons (Fsp3) is 0.158. The number of amides is 2. The van der Waals surface area contributed by atoms with E-state index in [4.69, 9.17) is 23.2 Å². The molecule has 28 heavy (non-hydrogen) atoms. The molecule has 0 unspecified atom stereocenters. The second-order valence-corrected chi connectivity index (χ2v) is 7.02. The highest BCUT2D eigenvalue weighted by atomic mass is 35.5. The molecule has 3 rings (SSSR count). The summed E-state index contributed by atoms with van der Waals surface area (Å²) in [6.45, 7) is 3.55. The van der Waals surface area contributed by atoms with Crippen molar-refractivity contribution in [3.8, 4) is 0 Å². The van der Waals surface area contributed by atoms with Crippen molar-refractivity contribution in [1.82, 2.24) is 15.0 Å². The molecule has 2 N–H and O–H groups in total. The maximum Gasteiger partial charge on any atom is 0.278 e. The third-order valence-corrected chi connectivity index (χ3v) is 4.57. The monoisotopic (exact) mass is 417 g/mol. The van der Waals surface area contributed by atoms with Crippen LogP contribution in [0.2, 0.25) is 10.0 Å². The van der Waals surface area contributed by atoms with Gasteiger partial charge in [-0.15, -0.1) is 5.10 Å². The van der Waals surface area contributed by atoms with Crippen LogP contribution >= 0.6 is 23.2 Å². The molecule has 2 amide bonds. The van der Waals surface area contributed by atoms with Crippen molar-refractivity contribution in [3.05, 3.63) is 69.5 Å². The number of carbonyl (C=O) groups is 2. The number of nitrogens with one attached hydrogen (secondary N) is 2. The molecule has 0 saturated carbocycles. The average Bonchev–Trinajstić information content (AvgIpc) is 3.00. The number of hydrogen-bond donors (Lipinski definition) is 2. The smallest absolute Gasteiger partial charge is 0.278 e. The van der Waals surface area contributed by atoms with Crippen LogP contribution in [-0.4, -0.2) is 26.8 Å². The second kappa shape index (κ2) is 8.41. The summed E-state index contributed by atoms with van der Waals surface area (Å²) in [6.07, 6.45) is 0. The highest BCUT2D eigenvalue weighted by Crippen LogP contribution is 2.26. The van der Waals surface area contributed by atoms with Crippen molar-refractivity contribution < 1.29 is 9.59 Å². The fourth-order valence-electron chi connectivity index (χ4n) is 2.47. The van der Waals surface area contributed by atoms with Gasteiger partial charge in [0.15, 0.2) is 5.69 Å².